The molecule has 1 aliphatic rings. The quantitative estimate of drug-likeness (QED) is 0.767. The van der Waals surface area contributed by atoms with Crippen molar-refractivity contribution in [1.82, 2.24) is 20.4 Å². The monoisotopic (exact) mass is 354 g/mol. The molecule has 0 bridgehead atoms. The highest BCUT2D eigenvalue weighted by molar-refractivity contribution is 5.95. The van der Waals surface area contributed by atoms with Gasteiger partial charge in [-0.1, -0.05) is 12.1 Å². The standard InChI is InChI=1S/C16H19FN4O2.ClH/c1-10-12(16(23)19-7-11-6-18-9-15(11)22)8-20-21(10)14-5-3-2-4-13(14)17;/h2-5,8,11,15,18,22H,6-7,9H2,1H3,(H,19,23);1H. The molecule has 0 aliphatic carbocycles. The van der Waals surface area contributed by atoms with Gasteiger partial charge in [-0.3, -0.25) is 4.79 Å². The minimum atomic E-state index is -0.447. The number of aromatic nitrogens is 2. The van der Waals surface area contributed by atoms with E-state index in [9.17, 15) is 14.3 Å². The number of nitrogens with zero attached hydrogens (tertiary/aromatic N) is 2. The molecule has 1 aromatic heterocycles. The van der Waals surface area contributed by atoms with Gasteiger partial charge in [-0.05, 0) is 19.1 Å². The minimum absolute atomic E-state index is 0. The summed E-state index contributed by atoms with van der Waals surface area (Å²) >= 11 is 0. The van der Waals surface area contributed by atoms with E-state index in [-0.39, 0.29) is 24.2 Å². The number of hydrogen-bond acceptors (Lipinski definition) is 4. The summed E-state index contributed by atoms with van der Waals surface area (Å²) < 4.78 is 15.3. The minimum Gasteiger partial charge on any atom is -0.391 e. The molecule has 2 heterocycles. The van der Waals surface area contributed by atoms with Gasteiger partial charge < -0.3 is 15.7 Å². The van der Waals surface area contributed by atoms with Gasteiger partial charge in [0, 0.05) is 25.6 Å². The molecule has 1 aromatic carbocycles. The van der Waals surface area contributed by atoms with Gasteiger partial charge >= 0.3 is 0 Å². The molecular weight excluding hydrogens is 335 g/mol. The third-order valence-electron chi connectivity index (χ3n) is 4.16. The number of halogens is 2. The van der Waals surface area contributed by atoms with Gasteiger partial charge in [0.1, 0.15) is 11.5 Å². The molecule has 2 aromatic rings. The van der Waals surface area contributed by atoms with Crippen molar-refractivity contribution in [3.63, 3.8) is 0 Å². The number of para-hydroxylation sites is 1. The Morgan fingerprint density at radius 1 is 1.46 bits per heavy atom. The molecule has 8 heteroatoms. The largest absolute Gasteiger partial charge is 0.391 e. The Hall–Kier alpha value is -1.96. The number of rotatable bonds is 4. The topological polar surface area (TPSA) is 79.2 Å². The van der Waals surface area contributed by atoms with Crippen molar-refractivity contribution in [1.29, 1.82) is 0 Å². The number of nitrogens with one attached hydrogen (secondary N) is 2. The summed E-state index contributed by atoms with van der Waals surface area (Å²) in [5.41, 5.74) is 1.27. The van der Waals surface area contributed by atoms with Gasteiger partial charge in [0.25, 0.3) is 5.91 Å². The van der Waals surface area contributed by atoms with Gasteiger partial charge in [0.05, 0.1) is 23.6 Å². The predicted octanol–water partition coefficient (Wildman–Crippen LogP) is 1.05. The van der Waals surface area contributed by atoms with Gasteiger partial charge in [0.15, 0.2) is 0 Å². The second-order valence-corrected chi connectivity index (χ2v) is 5.70. The van der Waals surface area contributed by atoms with Crippen molar-refractivity contribution >= 4 is 18.3 Å². The van der Waals surface area contributed by atoms with Crippen LogP contribution in [0.15, 0.2) is 30.5 Å². The molecule has 0 saturated carbocycles. The summed E-state index contributed by atoms with van der Waals surface area (Å²) in [6, 6.07) is 6.28. The zero-order chi connectivity index (χ0) is 16.4. The van der Waals surface area contributed by atoms with Gasteiger partial charge in [-0.2, -0.15) is 5.10 Å². The lowest BCUT2D eigenvalue weighted by Crippen LogP contribution is -2.34. The van der Waals surface area contributed by atoms with Crippen LogP contribution in [0.2, 0.25) is 0 Å². The Bertz CT molecular complexity index is 722. The second-order valence-electron chi connectivity index (χ2n) is 5.70. The van der Waals surface area contributed by atoms with Crippen LogP contribution in [0.25, 0.3) is 5.69 Å². The van der Waals surface area contributed by atoms with Crippen LogP contribution in [-0.2, 0) is 0 Å². The Morgan fingerprint density at radius 2 is 2.21 bits per heavy atom. The number of carbonyl (C=O) groups is 1. The molecule has 6 nitrogen and oxygen atoms in total. The predicted molar refractivity (Wildman–Crippen MR) is 90.2 cm³/mol. The molecule has 1 saturated heterocycles. The maximum Gasteiger partial charge on any atom is 0.254 e. The molecule has 3 rings (SSSR count). The number of β-amino-alcohol motifs (C(OH)–C–C–N with tert-alkyl or cyclic N) is 1. The van der Waals surface area contributed by atoms with E-state index >= 15 is 0 Å². The maximum absolute atomic E-state index is 13.9. The normalized spacial score (nSPS) is 19.8. The van der Waals surface area contributed by atoms with Crippen LogP contribution in [0.4, 0.5) is 4.39 Å². The second kappa shape index (κ2) is 7.74. The zero-order valence-corrected chi connectivity index (χ0v) is 14.0. The van der Waals surface area contributed by atoms with E-state index in [1.165, 1.54) is 16.9 Å². The fourth-order valence-electron chi connectivity index (χ4n) is 2.75. The van der Waals surface area contributed by atoms with Crippen molar-refractivity contribution in [2.45, 2.75) is 13.0 Å². The zero-order valence-electron chi connectivity index (χ0n) is 13.2. The first kappa shape index (κ1) is 18.4. The van der Waals surface area contributed by atoms with E-state index in [0.717, 1.165) is 0 Å². The van der Waals surface area contributed by atoms with Crippen molar-refractivity contribution in [2.75, 3.05) is 19.6 Å². The molecule has 0 spiro atoms. The molecule has 2 atom stereocenters. The summed E-state index contributed by atoms with van der Waals surface area (Å²) in [5.74, 6) is -0.670. The van der Waals surface area contributed by atoms with Crippen molar-refractivity contribution in [3.05, 3.63) is 47.5 Å². The third kappa shape index (κ3) is 3.58. The van der Waals surface area contributed by atoms with Gasteiger partial charge in [0.2, 0.25) is 0 Å². The van der Waals surface area contributed by atoms with Crippen molar-refractivity contribution in [3.8, 4) is 5.69 Å². The summed E-state index contributed by atoms with van der Waals surface area (Å²) in [4.78, 5) is 12.3. The average Bonchev–Trinajstić information content (AvgIpc) is 3.11. The molecule has 1 fully saturated rings. The highest BCUT2D eigenvalue weighted by Gasteiger charge is 2.26. The van der Waals surface area contributed by atoms with E-state index in [2.05, 4.69) is 15.7 Å². The molecule has 1 amide bonds. The van der Waals surface area contributed by atoms with E-state index in [1.54, 1.807) is 25.1 Å². The molecule has 130 valence electrons. The molecule has 0 radical (unpaired) electrons. The number of benzene rings is 1. The lowest BCUT2D eigenvalue weighted by Gasteiger charge is -2.14. The lowest BCUT2D eigenvalue weighted by atomic mass is 10.1. The third-order valence-corrected chi connectivity index (χ3v) is 4.16. The van der Waals surface area contributed by atoms with E-state index in [4.69, 9.17) is 0 Å². The Morgan fingerprint density at radius 3 is 2.88 bits per heavy atom. The Kier molecular flexibility index (Phi) is 5.93. The van der Waals surface area contributed by atoms with Crippen LogP contribution in [0.1, 0.15) is 16.1 Å². The summed E-state index contributed by atoms with van der Waals surface area (Å²) in [5, 5.41) is 19.7. The highest BCUT2D eigenvalue weighted by Crippen LogP contribution is 2.17. The number of aliphatic hydroxyl groups is 1. The van der Waals surface area contributed by atoms with Crippen LogP contribution in [0.5, 0.6) is 0 Å². The van der Waals surface area contributed by atoms with Crippen LogP contribution in [0, 0.1) is 18.7 Å². The number of amides is 1. The smallest absolute Gasteiger partial charge is 0.254 e. The maximum atomic E-state index is 13.9. The van der Waals surface area contributed by atoms with Crippen molar-refractivity contribution < 1.29 is 14.3 Å². The fourth-order valence-corrected chi connectivity index (χ4v) is 2.75. The van der Waals surface area contributed by atoms with Crippen molar-refractivity contribution in [2.24, 2.45) is 5.92 Å². The van der Waals surface area contributed by atoms with Crippen LogP contribution < -0.4 is 10.6 Å². The van der Waals surface area contributed by atoms with E-state index in [0.29, 0.717) is 36.6 Å². The van der Waals surface area contributed by atoms with Crippen LogP contribution >= 0.6 is 12.4 Å². The summed E-state index contributed by atoms with van der Waals surface area (Å²) in [6.07, 6.45) is 0.984. The van der Waals surface area contributed by atoms with Crippen LogP contribution in [0.3, 0.4) is 0 Å². The van der Waals surface area contributed by atoms with Gasteiger partial charge in [-0.25, -0.2) is 9.07 Å². The first-order chi connectivity index (χ1) is 11.1. The molecule has 24 heavy (non-hydrogen) atoms. The number of carbonyl (C=O) groups excluding carboxylic acids is 1. The fraction of sp³-hybridized carbons (Fsp3) is 0.375. The van der Waals surface area contributed by atoms with Gasteiger partial charge in [-0.15, -0.1) is 12.4 Å². The molecule has 2 unspecified atom stereocenters. The van der Waals surface area contributed by atoms with E-state index < -0.39 is 11.9 Å². The highest BCUT2D eigenvalue weighted by atomic mass is 35.5. The Balaban J connectivity index is 0.00000208. The average molecular weight is 355 g/mol. The number of hydrogen-bond donors (Lipinski definition) is 3. The molecular formula is C16H20ClFN4O2. The first-order valence-electron chi connectivity index (χ1n) is 7.54. The van der Waals surface area contributed by atoms with E-state index in [1.807, 2.05) is 0 Å². The summed E-state index contributed by atoms with van der Waals surface area (Å²) in [6.45, 7) is 3.33. The molecule has 1 aliphatic heterocycles. The van der Waals surface area contributed by atoms with Crippen LogP contribution in [-0.4, -0.2) is 46.5 Å². The summed E-state index contributed by atoms with van der Waals surface area (Å²) in [7, 11) is 0. The Labute approximate surface area is 145 Å². The number of aliphatic hydroxyl groups excluding tert-OH is 1. The molecule has 3 N–H and O–H groups in total. The SMILES string of the molecule is Cc1c(C(=O)NCC2CNCC2O)cnn1-c1ccccc1F.Cl. The first-order valence-corrected chi connectivity index (χ1v) is 7.54. The lowest BCUT2D eigenvalue weighted by molar-refractivity contribution is 0.0926.